The summed E-state index contributed by atoms with van der Waals surface area (Å²) < 4.78 is 9.90. The Kier molecular flexibility index (Phi) is 6.49. The van der Waals surface area contributed by atoms with Crippen LogP contribution in [0.4, 0.5) is 16.4 Å². The number of nitrogens with zero attached hydrogens (tertiary/aromatic N) is 2. The quantitative estimate of drug-likeness (QED) is 0.670. The van der Waals surface area contributed by atoms with Crippen molar-refractivity contribution in [1.29, 1.82) is 0 Å². The Morgan fingerprint density at radius 3 is 2.44 bits per heavy atom. The van der Waals surface area contributed by atoms with E-state index in [-0.39, 0.29) is 17.7 Å². The summed E-state index contributed by atoms with van der Waals surface area (Å²) in [4.78, 5) is 20.3. The highest BCUT2D eigenvalue weighted by molar-refractivity contribution is 7.97. The maximum absolute atomic E-state index is 11.1. The molecule has 2 heterocycles. The lowest BCUT2D eigenvalue weighted by Crippen LogP contribution is -2.43. The largest absolute Gasteiger partial charge is 0.441 e. The van der Waals surface area contributed by atoms with Crippen LogP contribution in [0.2, 0.25) is 0 Å². The molecule has 1 aromatic heterocycles. The third kappa shape index (κ3) is 6.38. The van der Waals surface area contributed by atoms with Gasteiger partial charge in [0.15, 0.2) is 6.10 Å². The Hall–Kier alpha value is -2.36. The molecule has 1 saturated carbocycles. The Bertz CT molecular complexity index is 736. The maximum atomic E-state index is 11.1. The first kappa shape index (κ1) is 19.4. The smallest absolute Gasteiger partial charge is 0.407 e. The third-order valence-corrected chi connectivity index (χ3v) is 4.64. The number of hydrogen-bond acceptors (Lipinski definition) is 8. The Morgan fingerprint density at radius 2 is 1.93 bits per heavy atom. The van der Waals surface area contributed by atoms with Crippen LogP contribution in [-0.4, -0.2) is 40.9 Å². The number of hydrogen-bond donors (Lipinski definition) is 3. The Morgan fingerprint density at radius 1 is 1.26 bits per heavy atom. The van der Waals surface area contributed by atoms with Gasteiger partial charge in [0, 0.05) is 28.5 Å². The van der Waals surface area contributed by atoms with Gasteiger partial charge in [-0.25, -0.2) is 14.8 Å². The van der Waals surface area contributed by atoms with E-state index in [2.05, 4.69) is 20.6 Å². The number of ether oxygens (including phenoxy) is 2. The molecule has 1 aliphatic heterocycles. The van der Waals surface area contributed by atoms with Crippen molar-refractivity contribution in [2.24, 2.45) is 5.14 Å². The summed E-state index contributed by atoms with van der Waals surface area (Å²) in [5.74, 6) is 0.589. The second kappa shape index (κ2) is 9.03. The van der Waals surface area contributed by atoms with Gasteiger partial charge in [0.2, 0.25) is 5.95 Å². The first-order chi connectivity index (χ1) is 13.1. The zero-order valence-corrected chi connectivity index (χ0v) is 15.9. The summed E-state index contributed by atoms with van der Waals surface area (Å²) in [6, 6.07) is 9.53. The summed E-state index contributed by atoms with van der Waals surface area (Å²) in [6.45, 7) is 3.11. The minimum Gasteiger partial charge on any atom is -0.441 e. The molecule has 4 N–H and O–H groups in total. The predicted molar refractivity (Wildman–Crippen MR) is 104 cm³/mol. The number of anilines is 2. The van der Waals surface area contributed by atoms with Crippen LogP contribution in [0.3, 0.4) is 0 Å². The number of carbonyl (C=O) groups excluding carboxylic acids is 1. The van der Waals surface area contributed by atoms with E-state index in [0.717, 1.165) is 23.4 Å². The molecule has 1 amide bonds. The fraction of sp³-hybridized carbons (Fsp3) is 0.389. The minimum absolute atomic E-state index is 0.0156. The summed E-state index contributed by atoms with van der Waals surface area (Å²) in [5.41, 5.74) is 0.959. The van der Waals surface area contributed by atoms with E-state index in [1.807, 2.05) is 31.2 Å². The molecule has 2 aliphatic rings. The van der Waals surface area contributed by atoms with Crippen LogP contribution < -0.4 is 15.8 Å². The van der Waals surface area contributed by atoms with E-state index >= 15 is 0 Å². The molecule has 0 unspecified atom stereocenters. The van der Waals surface area contributed by atoms with Crippen molar-refractivity contribution in [2.75, 3.05) is 18.5 Å². The molecule has 0 bridgehead atoms. The first-order valence-electron chi connectivity index (χ1n) is 8.64. The molecule has 8 nitrogen and oxygen atoms in total. The molecule has 144 valence electrons. The average Bonchev–Trinajstić information content (AvgIpc) is 3.37. The molecule has 0 spiro atoms. The highest BCUT2D eigenvalue weighted by atomic mass is 32.2. The van der Waals surface area contributed by atoms with Crippen LogP contribution >= 0.6 is 11.9 Å². The van der Waals surface area contributed by atoms with Gasteiger partial charge in [0.05, 0.1) is 13.2 Å². The molecule has 4 rings (SSSR count). The molecule has 9 heteroatoms. The summed E-state index contributed by atoms with van der Waals surface area (Å²) >= 11 is 1.22. The highest BCUT2D eigenvalue weighted by Crippen LogP contribution is 2.34. The zero-order valence-electron chi connectivity index (χ0n) is 15.1. The van der Waals surface area contributed by atoms with Crippen LogP contribution in [0.1, 0.15) is 19.8 Å². The van der Waals surface area contributed by atoms with Gasteiger partial charge in [-0.05, 0) is 62.0 Å². The number of nitrogens with one attached hydrogen (secondary N) is 2. The Balaban J connectivity index is 0.000000159. The first-order valence-corrected chi connectivity index (χ1v) is 9.52. The van der Waals surface area contributed by atoms with Gasteiger partial charge in [0.1, 0.15) is 0 Å². The van der Waals surface area contributed by atoms with Crippen LogP contribution in [0, 0.1) is 0 Å². The van der Waals surface area contributed by atoms with Crippen LogP contribution in [0.15, 0.2) is 47.6 Å². The van der Waals surface area contributed by atoms with Crippen LogP contribution in [0.25, 0.3) is 0 Å². The van der Waals surface area contributed by atoms with Crippen molar-refractivity contribution in [3.05, 3.63) is 42.7 Å². The number of rotatable bonds is 5. The van der Waals surface area contributed by atoms with E-state index in [1.54, 1.807) is 18.5 Å². The standard InChI is InChI=1S/C10H10N4S.C8H13NO3/c11-15-9-4-2-8(3-5-9)14-10-12-6-1-7-13-10;1-8(2-3-8)9-7(10)12-6-4-11-5-6/h1-7H,11H2,(H,12,13,14);6H,2-5H2,1H3,(H,9,10). The number of benzene rings is 1. The summed E-state index contributed by atoms with van der Waals surface area (Å²) in [7, 11) is 0. The lowest BCUT2D eigenvalue weighted by atomic mass is 10.3. The SMILES string of the molecule is CC1(NC(=O)OC2COC2)CC1.NSc1ccc(Nc2ncccn2)cc1. The summed E-state index contributed by atoms with van der Waals surface area (Å²) in [5, 5.41) is 11.3. The second-order valence-electron chi connectivity index (χ2n) is 6.59. The lowest BCUT2D eigenvalue weighted by molar-refractivity contribution is -0.0984. The van der Waals surface area contributed by atoms with Gasteiger partial charge >= 0.3 is 6.09 Å². The third-order valence-electron chi connectivity index (χ3n) is 4.10. The summed E-state index contributed by atoms with van der Waals surface area (Å²) in [6.07, 6.45) is 5.18. The molecular weight excluding hydrogens is 366 g/mol. The number of alkyl carbamates (subject to hydrolysis) is 1. The molecule has 1 aliphatic carbocycles. The van der Waals surface area contributed by atoms with E-state index in [0.29, 0.717) is 19.2 Å². The second-order valence-corrected chi connectivity index (χ2v) is 7.30. The van der Waals surface area contributed by atoms with E-state index in [9.17, 15) is 4.79 Å². The van der Waals surface area contributed by atoms with Crippen molar-refractivity contribution in [1.82, 2.24) is 15.3 Å². The molecule has 1 saturated heterocycles. The molecular formula is C18H23N5O3S. The van der Waals surface area contributed by atoms with Gasteiger partial charge in [-0.3, -0.25) is 5.14 Å². The monoisotopic (exact) mass is 389 g/mol. The number of nitrogens with two attached hydrogens (primary N) is 1. The van der Waals surface area contributed by atoms with E-state index in [1.165, 1.54) is 11.9 Å². The van der Waals surface area contributed by atoms with Crippen molar-refractivity contribution in [2.45, 2.75) is 36.3 Å². The fourth-order valence-electron chi connectivity index (χ4n) is 2.13. The van der Waals surface area contributed by atoms with Crippen LogP contribution in [-0.2, 0) is 9.47 Å². The molecule has 0 atom stereocenters. The number of amides is 1. The average molecular weight is 389 g/mol. The van der Waals surface area contributed by atoms with Crippen molar-refractivity contribution in [3.8, 4) is 0 Å². The van der Waals surface area contributed by atoms with Gasteiger partial charge in [-0.1, -0.05) is 0 Å². The van der Waals surface area contributed by atoms with E-state index in [4.69, 9.17) is 14.6 Å². The van der Waals surface area contributed by atoms with Gasteiger partial charge in [-0.2, -0.15) is 0 Å². The predicted octanol–water partition coefficient (Wildman–Crippen LogP) is 2.85. The lowest BCUT2D eigenvalue weighted by Gasteiger charge is -2.26. The molecule has 1 aromatic carbocycles. The Labute approximate surface area is 162 Å². The molecule has 2 fully saturated rings. The van der Waals surface area contributed by atoms with Crippen molar-refractivity contribution < 1.29 is 14.3 Å². The minimum atomic E-state index is -0.302. The molecule has 2 aromatic rings. The molecule has 27 heavy (non-hydrogen) atoms. The highest BCUT2D eigenvalue weighted by Gasteiger charge is 2.39. The van der Waals surface area contributed by atoms with Crippen LogP contribution in [0.5, 0.6) is 0 Å². The van der Waals surface area contributed by atoms with Crippen molar-refractivity contribution >= 4 is 29.7 Å². The number of carbonyl (C=O) groups is 1. The molecule has 0 radical (unpaired) electrons. The normalized spacial score (nSPS) is 17.0. The topological polar surface area (TPSA) is 111 Å². The zero-order chi connectivity index (χ0) is 19.1. The van der Waals surface area contributed by atoms with Gasteiger partial charge in [-0.15, -0.1) is 0 Å². The van der Waals surface area contributed by atoms with Gasteiger partial charge in [0.25, 0.3) is 0 Å². The fourth-order valence-corrected chi connectivity index (χ4v) is 2.42. The number of aromatic nitrogens is 2. The maximum Gasteiger partial charge on any atom is 0.407 e. The van der Waals surface area contributed by atoms with E-state index < -0.39 is 0 Å². The van der Waals surface area contributed by atoms with Crippen molar-refractivity contribution in [3.63, 3.8) is 0 Å². The van der Waals surface area contributed by atoms with Gasteiger partial charge < -0.3 is 20.1 Å².